The highest BCUT2D eigenvalue weighted by Crippen LogP contribution is 2.33. The van der Waals surface area contributed by atoms with Gasteiger partial charge in [-0.25, -0.2) is 0 Å². The van der Waals surface area contributed by atoms with Crippen LogP contribution in [0.2, 0.25) is 0 Å². The molecule has 4 rings (SSSR count). The number of fused-ring (bicyclic) bond motifs is 1. The van der Waals surface area contributed by atoms with Gasteiger partial charge < -0.3 is 14.0 Å². The van der Waals surface area contributed by atoms with Crippen molar-refractivity contribution in [2.75, 3.05) is 13.2 Å². The molecule has 0 radical (unpaired) electrons. The van der Waals surface area contributed by atoms with E-state index in [9.17, 15) is 0 Å². The highest BCUT2D eigenvalue weighted by molar-refractivity contribution is 5.21. The molecule has 0 aliphatic carbocycles. The van der Waals surface area contributed by atoms with Gasteiger partial charge in [0.2, 0.25) is 0 Å². The fourth-order valence-corrected chi connectivity index (χ4v) is 3.95. The molecule has 2 fully saturated rings. The summed E-state index contributed by atoms with van der Waals surface area (Å²) in [4.78, 5) is 6.63. The molecule has 0 spiro atoms. The predicted molar refractivity (Wildman–Crippen MR) is 92.0 cm³/mol. The Bertz CT molecular complexity index is 684. The van der Waals surface area contributed by atoms with Gasteiger partial charge in [0.05, 0.1) is 18.4 Å². The van der Waals surface area contributed by atoms with Crippen molar-refractivity contribution in [1.29, 1.82) is 0 Å². The zero-order valence-electron chi connectivity index (χ0n) is 14.9. The van der Waals surface area contributed by atoms with Crippen molar-refractivity contribution in [1.82, 2.24) is 15.0 Å². The topological polar surface area (TPSA) is 60.6 Å². The van der Waals surface area contributed by atoms with Crippen molar-refractivity contribution in [3.8, 4) is 0 Å². The molecule has 6 nitrogen and oxygen atoms in total. The van der Waals surface area contributed by atoms with Crippen molar-refractivity contribution < 1.29 is 14.0 Å². The first-order valence-corrected chi connectivity index (χ1v) is 9.00. The molecule has 0 saturated carbocycles. The van der Waals surface area contributed by atoms with Crippen LogP contribution in [0.25, 0.3) is 0 Å². The number of rotatable bonds is 5. The largest absolute Gasteiger partial charge is 0.374 e. The number of likely N-dealkylation sites (tertiary alicyclic amines) is 1. The summed E-state index contributed by atoms with van der Waals surface area (Å²) in [6.45, 7) is 7.11. The lowest BCUT2D eigenvalue weighted by Gasteiger charge is -2.32. The highest BCUT2D eigenvalue weighted by atomic mass is 16.5. The van der Waals surface area contributed by atoms with E-state index in [0.29, 0.717) is 12.6 Å². The van der Waals surface area contributed by atoms with Gasteiger partial charge >= 0.3 is 0 Å². The molecule has 4 heterocycles. The summed E-state index contributed by atoms with van der Waals surface area (Å²) in [5.74, 6) is 0.908. The Morgan fingerprint density at radius 3 is 3.04 bits per heavy atom. The minimum absolute atomic E-state index is 0.0889. The molecule has 134 valence electrons. The molecule has 0 amide bonds. The Morgan fingerprint density at radius 1 is 1.36 bits per heavy atom. The van der Waals surface area contributed by atoms with Gasteiger partial charge in [-0.1, -0.05) is 11.2 Å². The monoisotopic (exact) mass is 343 g/mol. The van der Waals surface area contributed by atoms with E-state index in [4.69, 9.17) is 14.0 Å². The summed E-state index contributed by atoms with van der Waals surface area (Å²) in [6, 6.07) is 4.39. The van der Waals surface area contributed by atoms with Gasteiger partial charge in [-0.15, -0.1) is 0 Å². The minimum atomic E-state index is 0.0889. The van der Waals surface area contributed by atoms with Crippen molar-refractivity contribution >= 4 is 0 Å². The fraction of sp³-hybridized carbons (Fsp3) is 0.579. The standard InChI is InChI=1S/C19H25N3O3/c1-13-16(14(2)25-21-13)10-22-11-18(19-17(22)6-4-8-23-19)24-12-15-5-3-7-20-9-15/h3,5,7,9,17-19H,4,6,8,10-12H2,1-2H3/t17-,18+,19+/m0/s1. The first kappa shape index (κ1) is 16.7. The van der Waals surface area contributed by atoms with Crippen molar-refractivity contribution in [3.05, 3.63) is 47.1 Å². The van der Waals surface area contributed by atoms with Crippen molar-refractivity contribution in [2.24, 2.45) is 0 Å². The van der Waals surface area contributed by atoms with Crippen LogP contribution in [0.3, 0.4) is 0 Å². The Labute approximate surface area is 148 Å². The summed E-state index contributed by atoms with van der Waals surface area (Å²) in [6.07, 6.45) is 6.13. The van der Waals surface area contributed by atoms with Crippen LogP contribution in [0, 0.1) is 13.8 Å². The summed E-state index contributed by atoms with van der Waals surface area (Å²) in [5.41, 5.74) is 3.27. The Hall–Kier alpha value is -1.76. The Kier molecular flexibility index (Phi) is 4.83. The van der Waals surface area contributed by atoms with Gasteiger partial charge in [-0.3, -0.25) is 9.88 Å². The summed E-state index contributed by atoms with van der Waals surface area (Å²) < 4.78 is 17.6. The maximum Gasteiger partial charge on any atom is 0.138 e. The number of nitrogens with zero attached hydrogens (tertiary/aromatic N) is 3. The molecule has 2 aliphatic rings. The van der Waals surface area contributed by atoms with Crippen molar-refractivity contribution in [3.63, 3.8) is 0 Å². The number of aromatic nitrogens is 2. The zero-order chi connectivity index (χ0) is 17.2. The van der Waals surface area contributed by atoms with Crippen LogP contribution in [0.15, 0.2) is 29.0 Å². The third-order valence-corrected chi connectivity index (χ3v) is 5.31. The molecule has 6 heteroatoms. The number of ether oxygens (including phenoxy) is 2. The van der Waals surface area contributed by atoms with Gasteiger partial charge in [0.25, 0.3) is 0 Å². The van der Waals surface area contributed by atoms with Crippen LogP contribution in [0.5, 0.6) is 0 Å². The molecule has 2 aromatic rings. The molecular weight excluding hydrogens is 318 g/mol. The average Bonchev–Trinajstić information content (AvgIpc) is 3.16. The number of aryl methyl sites for hydroxylation is 2. The van der Waals surface area contributed by atoms with E-state index in [1.807, 2.05) is 32.2 Å². The van der Waals surface area contributed by atoms with Crippen LogP contribution >= 0.6 is 0 Å². The Morgan fingerprint density at radius 2 is 2.28 bits per heavy atom. The van der Waals surface area contributed by atoms with E-state index in [1.54, 1.807) is 6.20 Å². The summed E-state index contributed by atoms with van der Waals surface area (Å²) in [7, 11) is 0. The number of hydrogen-bond acceptors (Lipinski definition) is 6. The second-order valence-corrected chi connectivity index (χ2v) is 6.99. The van der Waals surface area contributed by atoms with E-state index in [0.717, 1.165) is 49.6 Å². The second-order valence-electron chi connectivity index (χ2n) is 6.99. The average molecular weight is 343 g/mol. The second kappa shape index (κ2) is 7.23. The predicted octanol–water partition coefficient (Wildman–Crippen LogP) is 2.64. The molecule has 0 N–H and O–H groups in total. The molecule has 2 aliphatic heterocycles. The zero-order valence-corrected chi connectivity index (χ0v) is 14.9. The molecule has 0 unspecified atom stereocenters. The maximum atomic E-state index is 6.22. The van der Waals surface area contributed by atoms with E-state index >= 15 is 0 Å². The normalized spacial score (nSPS) is 26.7. The quantitative estimate of drug-likeness (QED) is 0.832. The van der Waals surface area contributed by atoms with Gasteiger partial charge in [-0.05, 0) is 38.3 Å². The van der Waals surface area contributed by atoms with Crippen LogP contribution in [-0.4, -0.2) is 46.4 Å². The first-order chi connectivity index (χ1) is 12.2. The third-order valence-electron chi connectivity index (χ3n) is 5.31. The van der Waals surface area contributed by atoms with E-state index in [-0.39, 0.29) is 12.2 Å². The number of pyridine rings is 1. The summed E-state index contributed by atoms with van der Waals surface area (Å²) >= 11 is 0. The molecule has 0 aromatic carbocycles. The SMILES string of the molecule is Cc1noc(C)c1CN1C[C@@H](OCc2cccnc2)[C@@H]2OCCC[C@@H]21. The van der Waals surface area contributed by atoms with E-state index in [2.05, 4.69) is 15.0 Å². The first-order valence-electron chi connectivity index (χ1n) is 9.00. The fourth-order valence-electron chi connectivity index (χ4n) is 3.95. The van der Waals surface area contributed by atoms with E-state index < -0.39 is 0 Å². The smallest absolute Gasteiger partial charge is 0.138 e. The van der Waals surface area contributed by atoms with Gasteiger partial charge in [-0.2, -0.15) is 0 Å². The number of hydrogen-bond donors (Lipinski definition) is 0. The van der Waals surface area contributed by atoms with Crippen LogP contribution < -0.4 is 0 Å². The molecule has 3 atom stereocenters. The molecular formula is C19H25N3O3. The minimum Gasteiger partial charge on any atom is -0.374 e. The molecule has 2 aromatic heterocycles. The van der Waals surface area contributed by atoms with Crippen LogP contribution in [0.4, 0.5) is 0 Å². The Balaban J connectivity index is 1.46. The van der Waals surface area contributed by atoms with Crippen LogP contribution in [0.1, 0.15) is 35.4 Å². The molecule has 0 bridgehead atoms. The highest BCUT2D eigenvalue weighted by Gasteiger charge is 2.44. The van der Waals surface area contributed by atoms with Crippen molar-refractivity contribution in [2.45, 2.75) is 58.1 Å². The van der Waals surface area contributed by atoms with Gasteiger partial charge in [0, 0.05) is 43.7 Å². The molecule has 25 heavy (non-hydrogen) atoms. The van der Waals surface area contributed by atoms with Gasteiger partial charge in [0.15, 0.2) is 0 Å². The van der Waals surface area contributed by atoms with E-state index in [1.165, 1.54) is 5.56 Å². The lowest BCUT2D eigenvalue weighted by atomic mass is 10.0. The molecule has 2 saturated heterocycles. The van der Waals surface area contributed by atoms with Crippen LogP contribution in [-0.2, 0) is 22.6 Å². The third kappa shape index (κ3) is 3.47. The lowest BCUT2D eigenvalue weighted by Crippen LogP contribution is -2.41. The lowest BCUT2D eigenvalue weighted by molar-refractivity contribution is -0.0819. The van der Waals surface area contributed by atoms with Gasteiger partial charge in [0.1, 0.15) is 11.9 Å². The summed E-state index contributed by atoms with van der Waals surface area (Å²) in [5, 5.41) is 4.09. The maximum absolute atomic E-state index is 6.22.